The van der Waals surface area contributed by atoms with E-state index in [1.807, 2.05) is 0 Å². The fourth-order valence-electron chi connectivity index (χ4n) is 3.21. The van der Waals surface area contributed by atoms with Crippen LogP contribution in [0.3, 0.4) is 0 Å². The van der Waals surface area contributed by atoms with Crippen LogP contribution in [0.5, 0.6) is 0 Å². The lowest BCUT2D eigenvalue weighted by Gasteiger charge is -2.12. The Morgan fingerprint density at radius 1 is 0.440 bits per heavy atom. The van der Waals surface area contributed by atoms with E-state index >= 15 is 0 Å². The summed E-state index contributed by atoms with van der Waals surface area (Å²) in [7, 11) is 0. The lowest BCUT2D eigenvalue weighted by molar-refractivity contribution is 0.0130. The molecule has 0 bridgehead atoms. The molecule has 0 rings (SSSR count). The Bertz CT molecular complexity index is 213. The first kappa shape index (κ1) is 24.9. The normalized spacial score (nSPS) is 11.8. The quantitative estimate of drug-likeness (QED) is 0.241. The number of unbranched alkanes of at least 4 members (excludes halogenated alkanes) is 2. The molecule has 152 valence electrons. The first-order chi connectivity index (χ1) is 12.3. The van der Waals surface area contributed by atoms with Gasteiger partial charge in [0.25, 0.3) is 0 Å². The number of hydrogen-bond donors (Lipinski definition) is 0. The minimum Gasteiger partial charge on any atom is -0.379 e. The van der Waals surface area contributed by atoms with Crippen molar-refractivity contribution in [3.8, 4) is 0 Å². The molecule has 0 fully saturated rings. The molecule has 0 atom stereocenters. The third kappa shape index (κ3) is 17.1. The van der Waals surface area contributed by atoms with E-state index in [4.69, 9.17) is 14.2 Å². The van der Waals surface area contributed by atoms with Crippen molar-refractivity contribution < 1.29 is 14.2 Å². The van der Waals surface area contributed by atoms with Crippen molar-refractivity contribution in [2.75, 3.05) is 39.6 Å². The molecule has 0 saturated carbocycles. The molecule has 0 N–H and O–H groups in total. The zero-order chi connectivity index (χ0) is 18.6. The van der Waals surface area contributed by atoms with Crippen molar-refractivity contribution in [2.24, 2.45) is 11.8 Å². The standard InChI is InChI=1S/C22H46O3/c1-5-21(6-2)13-9-11-15-23-17-19-25-20-18-24-16-12-10-14-22(7-3)8-4/h21-22H,5-20H2,1-4H3. The highest BCUT2D eigenvalue weighted by atomic mass is 16.5. The van der Waals surface area contributed by atoms with Crippen molar-refractivity contribution in [3.63, 3.8) is 0 Å². The fourth-order valence-corrected chi connectivity index (χ4v) is 3.21. The molecule has 0 spiro atoms. The van der Waals surface area contributed by atoms with Gasteiger partial charge in [0.15, 0.2) is 0 Å². The van der Waals surface area contributed by atoms with Gasteiger partial charge in [0.1, 0.15) is 0 Å². The third-order valence-corrected chi connectivity index (χ3v) is 5.36. The van der Waals surface area contributed by atoms with Crippen LogP contribution >= 0.6 is 0 Å². The van der Waals surface area contributed by atoms with Gasteiger partial charge in [0.2, 0.25) is 0 Å². The molecule has 0 unspecified atom stereocenters. The summed E-state index contributed by atoms with van der Waals surface area (Å²) in [5.74, 6) is 1.81. The second-order valence-corrected chi connectivity index (χ2v) is 7.19. The van der Waals surface area contributed by atoms with E-state index in [-0.39, 0.29) is 0 Å². The van der Waals surface area contributed by atoms with Gasteiger partial charge in [-0.25, -0.2) is 0 Å². The van der Waals surface area contributed by atoms with E-state index in [0.29, 0.717) is 26.4 Å². The van der Waals surface area contributed by atoms with E-state index in [0.717, 1.165) is 25.0 Å². The summed E-state index contributed by atoms with van der Waals surface area (Å²) in [6, 6.07) is 0. The van der Waals surface area contributed by atoms with Crippen molar-refractivity contribution in [3.05, 3.63) is 0 Å². The van der Waals surface area contributed by atoms with Crippen molar-refractivity contribution >= 4 is 0 Å². The van der Waals surface area contributed by atoms with Gasteiger partial charge in [-0.2, -0.15) is 0 Å². The Labute approximate surface area is 158 Å². The highest BCUT2D eigenvalue weighted by molar-refractivity contribution is 4.55. The van der Waals surface area contributed by atoms with Gasteiger partial charge in [-0.3, -0.25) is 0 Å². The largest absolute Gasteiger partial charge is 0.379 e. The molecule has 3 heteroatoms. The van der Waals surface area contributed by atoms with Gasteiger partial charge >= 0.3 is 0 Å². The summed E-state index contributed by atoms with van der Waals surface area (Å²) in [5.41, 5.74) is 0. The molecule has 0 heterocycles. The highest BCUT2D eigenvalue weighted by Crippen LogP contribution is 2.16. The molecule has 25 heavy (non-hydrogen) atoms. The Hall–Kier alpha value is -0.120. The average Bonchev–Trinajstić information content (AvgIpc) is 2.64. The molecule has 0 aliphatic rings. The Morgan fingerprint density at radius 2 is 0.760 bits per heavy atom. The molecule has 0 saturated heterocycles. The molecule has 0 aliphatic heterocycles. The predicted octanol–water partition coefficient (Wildman–Crippen LogP) is 6.25. The predicted molar refractivity (Wildman–Crippen MR) is 108 cm³/mol. The van der Waals surface area contributed by atoms with Crippen LogP contribution in [0, 0.1) is 11.8 Å². The third-order valence-electron chi connectivity index (χ3n) is 5.36. The van der Waals surface area contributed by atoms with Gasteiger partial charge < -0.3 is 14.2 Å². The van der Waals surface area contributed by atoms with Gasteiger partial charge in [-0.1, -0.05) is 79.1 Å². The van der Waals surface area contributed by atoms with Crippen LogP contribution in [0.15, 0.2) is 0 Å². The van der Waals surface area contributed by atoms with E-state index in [2.05, 4.69) is 27.7 Å². The summed E-state index contributed by atoms with van der Waals surface area (Å²) >= 11 is 0. The average molecular weight is 359 g/mol. The van der Waals surface area contributed by atoms with Crippen LogP contribution < -0.4 is 0 Å². The highest BCUT2D eigenvalue weighted by Gasteiger charge is 2.03. The van der Waals surface area contributed by atoms with Gasteiger partial charge in [-0.15, -0.1) is 0 Å². The lowest BCUT2D eigenvalue weighted by Crippen LogP contribution is -2.10. The van der Waals surface area contributed by atoms with Crippen molar-refractivity contribution in [1.82, 2.24) is 0 Å². The maximum absolute atomic E-state index is 5.62. The van der Waals surface area contributed by atoms with Crippen LogP contribution in [-0.2, 0) is 14.2 Å². The van der Waals surface area contributed by atoms with Crippen LogP contribution in [0.25, 0.3) is 0 Å². The summed E-state index contributed by atoms with van der Waals surface area (Å²) in [5, 5.41) is 0. The zero-order valence-electron chi connectivity index (χ0n) is 17.7. The van der Waals surface area contributed by atoms with Gasteiger partial charge in [0, 0.05) is 13.2 Å². The van der Waals surface area contributed by atoms with E-state index in [9.17, 15) is 0 Å². The Kier molecular flexibility index (Phi) is 20.1. The SMILES string of the molecule is CCC(CC)CCCCOCCOCCOCCCCC(CC)CC. The second kappa shape index (κ2) is 20.2. The number of ether oxygens (including phenoxy) is 3. The van der Waals surface area contributed by atoms with E-state index < -0.39 is 0 Å². The van der Waals surface area contributed by atoms with Crippen LogP contribution in [-0.4, -0.2) is 39.6 Å². The molecule has 0 radical (unpaired) electrons. The molecule has 0 aromatic carbocycles. The van der Waals surface area contributed by atoms with E-state index in [1.54, 1.807) is 0 Å². The zero-order valence-corrected chi connectivity index (χ0v) is 17.7. The smallest absolute Gasteiger partial charge is 0.0701 e. The number of rotatable bonds is 20. The van der Waals surface area contributed by atoms with Crippen LogP contribution in [0.2, 0.25) is 0 Å². The first-order valence-electron chi connectivity index (χ1n) is 11.0. The minimum atomic E-state index is 0.685. The summed E-state index contributed by atoms with van der Waals surface area (Å²) in [6.45, 7) is 13.7. The monoisotopic (exact) mass is 358 g/mol. The van der Waals surface area contributed by atoms with Gasteiger partial charge in [0.05, 0.1) is 26.4 Å². The van der Waals surface area contributed by atoms with Gasteiger partial charge in [-0.05, 0) is 24.7 Å². The molecule has 0 amide bonds. The Balaban J connectivity index is 3.12. The molecule has 3 nitrogen and oxygen atoms in total. The summed E-state index contributed by atoms with van der Waals surface area (Å²) < 4.78 is 16.8. The minimum absolute atomic E-state index is 0.685. The summed E-state index contributed by atoms with van der Waals surface area (Å²) in [4.78, 5) is 0. The topological polar surface area (TPSA) is 27.7 Å². The fraction of sp³-hybridized carbons (Fsp3) is 1.00. The molecule has 0 aromatic heterocycles. The van der Waals surface area contributed by atoms with Crippen LogP contribution in [0.1, 0.15) is 91.9 Å². The lowest BCUT2D eigenvalue weighted by atomic mass is 9.97. The first-order valence-corrected chi connectivity index (χ1v) is 11.0. The molecule has 0 aromatic rings. The Morgan fingerprint density at radius 3 is 1.08 bits per heavy atom. The number of hydrogen-bond acceptors (Lipinski definition) is 3. The maximum atomic E-state index is 5.62. The second-order valence-electron chi connectivity index (χ2n) is 7.19. The molecular weight excluding hydrogens is 312 g/mol. The summed E-state index contributed by atoms with van der Waals surface area (Å²) in [6.07, 6.45) is 12.9. The van der Waals surface area contributed by atoms with E-state index in [1.165, 1.54) is 64.2 Å². The van der Waals surface area contributed by atoms with Crippen molar-refractivity contribution in [2.45, 2.75) is 91.9 Å². The van der Waals surface area contributed by atoms with Crippen molar-refractivity contribution in [1.29, 1.82) is 0 Å². The van der Waals surface area contributed by atoms with Crippen LogP contribution in [0.4, 0.5) is 0 Å². The molecule has 0 aliphatic carbocycles. The molecular formula is C22H46O3. The maximum Gasteiger partial charge on any atom is 0.0701 e.